The van der Waals surface area contributed by atoms with Gasteiger partial charge in [-0.2, -0.15) is 0 Å². The quantitative estimate of drug-likeness (QED) is 0.694. The number of hydrogen-bond donors (Lipinski definition) is 1. The Labute approximate surface area is 126 Å². The molecule has 1 fully saturated rings. The van der Waals surface area contributed by atoms with Crippen molar-refractivity contribution in [3.63, 3.8) is 0 Å². The molecule has 22 heavy (non-hydrogen) atoms. The van der Waals surface area contributed by atoms with Crippen LogP contribution in [0.15, 0.2) is 36.4 Å². The van der Waals surface area contributed by atoms with Crippen LogP contribution in [-0.2, 0) is 5.60 Å². The molecule has 114 valence electrons. The van der Waals surface area contributed by atoms with Crippen LogP contribution >= 0.6 is 0 Å². The molecule has 1 aliphatic heterocycles. The lowest BCUT2D eigenvalue weighted by Crippen LogP contribution is -2.59. The maximum Gasteiger partial charge on any atom is 0.290 e. The van der Waals surface area contributed by atoms with Crippen LogP contribution in [0.3, 0.4) is 0 Å². The van der Waals surface area contributed by atoms with E-state index in [1.165, 1.54) is 18.2 Å². The Morgan fingerprint density at radius 3 is 2.45 bits per heavy atom. The molecule has 0 spiro atoms. The minimum Gasteiger partial charge on any atom is -0.381 e. The van der Waals surface area contributed by atoms with Crippen LogP contribution in [0, 0.1) is 22.9 Å². The van der Waals surface area contributed by atoms with Gasteiger partial charge in [0.2, 0.25) is 0 Å². The molecular weight excluding hydrogens is 289 g/mol. The molecule has 0 radical (unpaired) electrons. The van der Waals surface area contributed by atoms with Gasteiger partial charge in [0, 0.05) is 6.07 Å². The zero-order chi connectivity index (χ0) is 15.9. The molecule has 1 N–H and O–H groups in total. The van der Waals surface area contributed by atoms with Gasteiger partial charge in [-0.25, -0.2) is 9.37 Å². The average molecular weight is 303 g/mol. The highest BCUT2D eigenvalue weighted by atomic mass is 19.1. The Balaban J connectivity index is 1.76. The molecule has 2 aromatic rings. The van der Waals surface area contributed by atoms with Crippen LogP contribution in [0.25, 0.3) is 0 Å². The number of β-amino-alcohol motifs (C(OH)–C–C–N with tert-alkyl or cyclic N) is 1. The van der Waals surface area contributed by atoms with E-state index < -0.39 is 10.5 Å². The van der Waals surface area contributed by atoms with Crippen molar-refractivity contribution in [3.8, 4) is 0 Å². The number of nitrogens with zero attached hydrogens (tertiary/aromatic N) is 3. The van der Waals surface area contributed by atoms with E-state index in [-0.39, 0.29) is 11.5 Å². The Hall–Kier alpha value is -2.54. The van der Waals surface area contributed by atoms with Gasteiger partial charge in [0.25, 0.3) is 5.69 Å². The van der Waals surface area contributed by atoms with Gasteiger partial charge in [-0.15, -0.1) is 0 Å². The largest absolute Gasteiger partial charge is 0.381 e. The van der Waals surface area contributed by atoms with Crippen molar-refractivity contribution in [2.75, 3.05) is 18.0 Å². The van der Waals surface area contributed by atoms with Crippen molar-refractivity contribution in [2.24, 2.45) is 0 Å². The number of aliphatic hydroxyl groups is 1. The highest BCUT2D eigenvalue weighted by Crippen LogP contribution is 2.35. The van der Waals surface area contributed by atoms with E-state index in [9.17, 15) is 19.6 Å². The van der Waals surface area contributed by atoms with Gasteiger partial charge in [-0.1, -0.05) is 12.1 Å². The lowest BCUT2D eigenvalue weighted by Gasteiger charge is -2.47. The van der Waals surface area contributed by atoms with Gasteiger partial charge in [0.15, 0.2) is 0 Å². The molecule has 3 rings (SSSR count). The molecule has 0 bridgehead atoms. The highest BCUT2D eigenvalue weighted by Gasteiger charge is 2.43. The number of anilines is 1. The third-order valence-electron chi connectivity index (χ3n) is 3.85. The summed E-state index contributed by atoms with van der Waals surface area (Å²) >= 11 is 0. The fourth-order valence-corrected chi connectivity index (χ4v) is 2.60. The van der Waals surface area contributed by atoms with Crippen molar-refractivity contribution in [2.45, 2.75) is 12.5 Å². The SMILES string of the molecule is Cc1nc(N2CC(O)(c3ccc(F)cc3)C2)ccc1[N+](=O)[O-]. The van der Waals surface area contributed by atoms with Gasteiger partial charge in [-0.05, 0) is 30.7 Å². The molecule has 7 heteroatoms. The molecule has 6 nitrogen and oxygen atoms in total. The Kier molecular flexibility index (Phi) is 3.29. The first-order valence-electron chi connectivity index (χ1n) is 6.74. The third kappa shape index (κ3) is 2.39. The summed E-state index contributed by atoms with van der Waals surface area (Å²) in [5.74, 6) is 0.228. The number of hydrogen-bond acceptors (Lipinski definition) is 5. The molecule has 1 saturated heterocycles. The standard InChI is InChI=1S/C15H14FN3O3/c1-10-13(19(21)22)6-7-14(17-10)18-8-15(20,9-18)11-2-4-12(16)5-3-11/h2-7,20H,8-9H2,1H3. The third-order valence-corrected chi connectivity index (χ3v) is 3.85. The summed E-state index contributed by atoms with van der Waals surface area (Å²) in [4.78, 5) is 16.3. The summed E-state index contributed by atoms with van der Waals surface area (Å²) in [6, 6.07) is 8.71. The molecule has 0 aliphatic carbocycles. The first kappa shape index (κ1) is 14.4. The molecule has 0 atom stereocenters. The number of aromatic nitrogens is 1. The second-order valence-corrected chi connectivity index (χ2v) is 5.43. The topological polar surface area (TPSA) is 79.5 Å². The van der Waals surface area contributed by atoms with Crippen molar-refractivity contribution in [3.05, 3.63) is 63.6 Å². The molecular formula is C15H14FN3O3. The van der Waals surface area contributed by atoms with Crippen LogP contribution < -0.4 is 4.90 Å². The van der Waals surface area contributed by atoms with Crippen molar-refractivity contribution in [1.29, 1.82) is 0 Å². The Morgan fingerprint density at radius 1 is 1.27 bits per heavy atom. The van der Waals surface area contributed by atoms with Crippen LogP contribution in [-0.4, -0.2) is 28.1 Å². The molecule has 1 aromatic heterocycles. The van der Waals surface area contributed by atoms with Gasteiger partial charge < -0.3 is 10.0 Å². The minimum absolute atomic E-state index is 0.0296. The van der Waals surface area contributed by atoms with Gasteiger partial charge in [-0.3, -0.25) is 10.1 Å². The van der Waals surface area contributed by atoms with E-state index in [2.05, 4.69) is 4.98 Å². The monoisotopic (exact) mass is 303 g/mol. The molecule has 2 heterocycles. The van der Waals surface area contributed by atoms with Crippen LogP contribution in [0.5, 0.6) is 0 Å². The van der Waals surface area contributed by atoms with Gasteiger partial charge in [0.1, 0.15) is 22.9 Å². The summed E-state index contributed by atoms with van der Waals surface area (Å²) in [5, 5.41) is 21.3. The summed E-state index contributed by atoms with van der Waals surface area (Å²) in [7, 11) is 0. The summed E-state index contributed by atoms with van der Waals surface area (Å²) in [6.45, 7) is 2.19. The fourth-order valence-electron chi connectivity index (χ4n) is 2.60. The summed E-state index contributed by atoms with van der Waals surface area (Å²) < 4.78 is 12.9. The van der Waals surface area contributed by atoms with Crippen LogP contribution in [0.4, 0.5) is 15.9 Å². The highest BCUT2D eigenvalue weighted by molar-refractivity contribution is 5.51. The average Bonchev–Trinajstić information content (AvgIpc) is 2.44. The number of pyridine rings is 1. The maximum absolute atomic E-state index is 12.9. The van der Waals surface area contributed by atoms with Crippen molar-refractivity contribution < 1.29 is 14.4 Å². The number of aryl methyl sites for hydroxylation is 1. The Morgan fingerprint density at radius 2 is 1.91 bits per heavy atom. The second kappa shape index (κ2) is 5.03. The zero-order valence-corrected chi connectivity index (χ0v) is 11.9. The molecule has 0 unspecified atom stereocenters. The smallest absolute Gasteiger partial charge is 0.290 e. The van der Waals surface area contributed by atoms with Gasteiger partial charge >= 0.3 is 0 Å². The number of nitro groups is 1. The lowest BCUT2D eigenvalue weighted by molar-refractivity contribution is -0.385. The van der Waals surface area contributed by atoms with Crippen molar-refractivity contribution in [1.82, 2.24) is 4.98 Å². The fraction of sp³-hybridized carbons (Fsp3) is 0.267. The van der Waals surface area contributed by atoms with Crippen molar-refractivity contribution >= 4 is 11.5 Å². The summed E-state index contributed by atoms with van der Waals surface area (Å²) in [6.07, 6.45) is 0. The molecule has 1 aliphatic rings. The van der Waals surface area contributed by atoms with E-state index in [1.54, 1.807) is 25.1 Å². The van der Waals surface area contributed by atoms with Crippen LogP contribution in [0.1, 0.15) is 11.3 Å². The summed E-state index contributed by atoms with van der Waals surface area (Å²) in [5.41, 5.74) is -0.105. The minimum atomic E-state index is -1.05. The van der Waals surface area contributed by atoms with E-state index in [4.69, 9.17) is 0 Å². The molecule has 1 aromatic carbocycles. The number of benzene rings is 1. The first-order valence-corrected chi connectivity index (χ1v) is 6.74. The van der Waals surface area contributed by atoms with E-state index >= 15 is 0 Å². The predicted octanol–water partition coefficient (Wildman–Crippen LogP) is 2.15. The maximum atomic E-state index is 12.9. The van der Waals surface area contributed by atoms with E-state index in [1.807, 2.05) is 4.90 Å². The second-order valence-electron chi connectivity index (χ2n) is 5.43. The number of halogens is 1. The van der Waals surface area contributed by atoms with Crippen LogP contribution in [0.2, 0.25) is 0 Å². The van der Waals surface area contributed by atoms with Gasteiger partial charge in [0.05, 0.1) is 18.0 Å². The molecule has 0 saturated carbocycles. The van der Waals surface area contributed by atoms with E-state index in [0.29, 0.717) is 30.2 Å². The molecule has 0 amide bonds. The predicted molar refractivity (Wildman–Crippen MR) is 78.1 cm³/mol. The lowest BCUT2D eigenvalue weighted by atomic mass is 9.86. The number of rotatable bonds is 3. The first-order chi connectivity index (χ1) is 10.4. The van der Waals surface area contributed by atoms with E-state index in [0.717, 1.165) is 0 Å². The Bertz CT molecular complexity index is 727. The normalized spacial score (nSPS) is 16.2. The zero-order valence-electron chi connectivity index (χ0n) is 11.9.